The molecule has 1 aliphatic rings. The quantitative estimate of drug-likeness (QED) is 0.247. The van der Waals surface area contributed by atoms with Crippen molar-refractivity contribution >= 4 is 17.8 Å². The molecular weight excluding hydrogens is 432 g/mol. The summed E-state index contributed by atoms with van der Waals surface area (Å²) >= 11 is 0. The van der Waals surface area contributed by atoms with E-state index in [9.17, 15) is 19.5 Å². The molecule has 34 heavy (non-hydrogen) atoms. The molecule has 1 heterocycles. The number of rotatable bonds is 14. The molecule has 0 aromatic heterocycles. The first kappa shape index (κ1) is 27.3. The van der Waals surface area contributed by atoms with Crippen LogP contribution in [-0.2, 0) is 32.1 Å². The average Bonchev–Trinajstić information content (AvgIpc) is 2.83. The number of allylic oxidation sites excluding steroid dienone is 2. The van der Waals surface area contributed by atoms with Crippen LogP contribution in [0.3, 0.4) is 0 Å². The van der Waals surface area contributed by atoms with Crippen LogP contribution in [-0.4, -0.2) is 53.1 Å². The molecule has 186 valence electrons. The fourth-order valence-electron chi connectivity index (χ4n) is 4.13. The van der Waals surface area contributed by atoms with Crippen LogP contribution in [0.2, 0.25) is 0 Å². The van der Waals surface area contributed by atoms with E-state index in [4.69, 9.17) is 4.74 Å². The van der Waals surface area contributed by atoms with Gasteiger partial charge in [-0.25, -0.2) is 0 Å². The Morgan fingerprint density at radius 3 is 2.62 bits per heavy atom. The van der Waals surface area contributed by atoms with Gasteiger partial charge in [-0.15, -0.1) is 13.2 Å². The molecule has 1 aromatic carbocycles. The molecule has 0 saturated heterocycles. The number of unbranched alkanes of at least 4 members (excludes halogenated alkanes) is 2. The highest BCUT2D eigenvalue weighted by molar-refractivity contribution is 5.86. The van der Waals surface area contributed by atoms with Crippen LogP contribution in [0, 0.1) is 5.92 Å². The standard InChI is InChI=1S/C27H38N2O5/c1-4-6-7-8-14-26(32)34-20(3)17-28-27(33)22(11-5-2)16-25(31)29-18-23-13-10-9-12-21(23)15-24(29)19-30/h4-5,9-10,12-13,20,22,24,30H,1-2,6-8,11,14-19H2,3H3,(H,28,33)/t20-,22-,24-/m0/s1. The van der Waals surface area contributed by atoms with Gasteiger partial charge in [0.05, 0.1) is 25.1 Å². The molecule has 2 N–H and O–H groups in total. The number of esters is 1. The summed E-state index contributed by atoms with van der Waals surface area (Å²) in [5.74, 6) is -1.32. The van der Waals surface area contributed by atoms with Crippen molar-refractivity contribution in [2.75, 3.05) is 13.2 Å². The highest BCUT2D eigenvalue weighted by Crippen LogP contribution is 2.25. The van der Waals surface area contributed by atoms with Gasteiger partial charge in [-0.2, -0.15) is 0 Å². The zero-order valence-corrected chi connectivity index (χ0v) is 20.2. The van der Waals surface area contributed by atoms with Crippen molar-refractivity contribution in [2.24, 2.45) is 5.92 Å². The summed E-state index contributed by atoms with van der Waals surface area (Å²) in [5.41, 5.74) is 2.20. The molecule has 2 amide bonds. The molecule has 0 aliphatic carbocycles. The highest BCUT2D eigenvalue weighted by Gasteiger charge is 2.31. The smallest absolute Gasteiger partial charge is 0.306 e. The summed E-state index contributed by atoms with van der Waals surface area (Å²) in [4.78, 5) is 39.5. The van der Waals surface area contributed by atoms with Crippen molar-refractivity contribution in [1.29, 1.82) is 0 Å². The normalized spacial score (nSPS) is 16.6. The van der Waals surface area contributed by atoms with Gasteiger partial charge in [0.2, 0.25) is 11.8 Å². The minimum Gasteiger partial charge on any atom is -0.461 e. The van der Waals surface area contributed by atoms with E-state index in [-0.39, 0.29) is 43.4 Å². The molecule has 0 spiro atoms. The molecule has 3 atom stereocenters. The van der Waals surface area contributed by atoms with E-state index in [1.165, 1.54) is 0 Å². The van der Waals surface area contributed by atoms with Crippen LogP contribution in [0.4, 0.5) is 0 Å². The fourth-order valence-corrected chi connectivity index (χ4v) is 4.13. The van der Waals surface area contributed by atoms with Crippen molar-refractivity contribution < 1.29 is 24.2 Å². The monoisotopic (exact) mass is 470 g/mol. The van der Waals surface area contributed by atoms with Gasteiger partial charge >= 0.3 is 5.97 Å². The van der Waals surface area contributed by atoms with E-state index < -0.39 is 12.0 Å². The Balaban J connectivity index is 1.88. The van der Waals surface area contributed by atoms with E-state index in [0.29, 0.717) is 25.8 Å². The van der Waals surface area contributed by atoms with E-state index >= 15 is 0 Å². The zero-order chi connectivity index (χ0) is 24.9. The number of aliphatic hydroxyl groups is 1. The number of hydrogen-bond donors (Lipinski definition) is 2. The fraction of sp³-hybridized carbons (Fsp3) is 0.519. The Labute approximate surface area is 202 Å². The van der Waals surface area contributed by atoms with Crippen molar-refractivity contribution in [2.45, 2.75) is 70.6 Å². The summed E-state index contributed by atoms with van der Waals surface area (Å²) in [6, 6.07) is 7.59. The van der Waals surface area contributed by atoms with Crippen molar-refractivity contribution in [3.8, 4) is 0 Å². The van der Waals surface area contributed by atoms with Crippen LogP contribution in [0.25, 0.3) is 0 Å². The summed E-state index contributed by atoms with van der Waals surface area (Å²) in [5, 5.41) is 12.6. The van der Waals surface area contributed by atoms with Gasteiger partial charge in [-0.05, 0) is 50.2 Å². The second kappa shape index (κ2) is 14.4. The van der Waals surface area contributed by atoms with E-state index in [2.05, 4.69) is 18.5 Å². The maximum Gasteiger partial charge on any atom is 0.306 e. The number of fused-ring (bicyclic) bond motifs is 1. The summed E-state index contributed by atoms with van der Waals surface area (Å²) in [6.07, 6.45) is 6.78. The molecule has 0 bridgehead atoms. The molecule has 1 aromatic rings. The molecular formula is C27H38N2O5. The maximum absolute atomic E-state index is 13.1. The molecule has 2 rings (SSSR count). The Morgan fingerprint density at radius 1 is 1.21 bits per heavy atom. The van der Waals surface area contributed by atoms with Crippen molar-refractivity contribution in [3.63, 3.8) is 0 Å². The SMILES string of the molecule is C=CCCCCC(=O)O[C@@H](C)CNC(=O)[C@@H](CC=C)CC(=O)N1Cc2ccccc2C[C@H]1CO. The third-order valence-corrected chi connectivity index (χ3v) is 6.07. The first-order valence-corrected chi connectivity index (χ1v) is 12.1. The molecule has 7 nitrogen and oxygen atoms in total. The minimum atomic E-state index is -0.580. The van der Waals surface area contributed by atoms with Crippen LogP contribution < -0.4 is 5.32 Å². The Morgan fingerprint density at radius 2 is 1.94 bits per heavy atom. The number of carbonyl (C=O) groups is 3. The van der Waals surface area contributed by atoms with Gasteiger partial charge in [0.1, 0.15) is 6.10 Å². The lowest BCUT2D eigenvalue weighted by Crippen LogP contribution is -2.47. The van der Waals surface area contributed by atoms with Crippen LogP contribution >= 0.6 is 0 Å². The van der Waals surface area contributed by atoms with Crippen LogP contribution in [0.15, 0.2) is 49.6 Å². The number of ether oxygens (including phenoxy) is 1. The van der Waals surface area contributed by atoms with Gasteiger partial charge in [0.25, 0.3) is 0 Å². The van der Waals surface area contributed by atoms with Crippen molar-refractivity contribution in [3.05, 3.63) is 60.7 Å². The van der Waals surface area contributed by atoms with Crippen LogP contribution in [0.1, 0.15) is 56.6 Å². The predicted molar refractivity (Wildman–Crippen MR) is 132 cm³/mol. The van der Waals surface area contributed by atoms with E-state index in [0.717, 1.165) is 30.4 Å². The second-order valence-corrected chi connectivity index (χ2v) is 8.84. The first-order valence-electron chi connectivity index (χ1n) is 12.1. The van der Waals surface area contributed by atoms with Gasteiger partial charge in [0.15, 0.2) is 0 Å². The number of amides is 2. The Kier molecular flexibility index (Phi) is 11.5. The summed E-state index contributed by atoms with van der Waals surface area (Å²) in [7, 11) is 0. The topological polar surface area (TPSA) is 95.9 Å². The first-order chi connectivity index (χ1) is 16.4. The van der Waals surface area contributed by atoms with Gasteiger partial charge in [-0.1, -0.05) is 36.4 Å². The largest absolute Gasteiger partial charge is 0.461 e. The molecule has 0 radical (unpaired) electrons. The zero-order valence-electron chi connectivity index (χ0n) is 20.2. The summed E-state index contributed by atoms with van der Waals surface area (Å²) < 4.78 is 5.36. The minimum absolute atomic E-state index is 0.0218. The molecule has 0 fully saturated rings. The second-order valence-electron chi connectivity index (χ2n) is 8.84. The third-order valence-electron chi connectivity index (χ3n) is 6.07. The number of hydrogen-bond acceptors (Lipinski definition) is 5. The number of nitrogens with zero attached hydrogens (tertiary/aromatic N) is 1. The van der Waals surface area contributed by atoms with Gasteiger partial charge in [0, 0.05) is 19.4 Å². The predicted octanol–water partition coefficient (Wildman–Crippen LogP) is 3.31. The Hall–Kier alpha value is -2.93. The number of aliphatic hydroxyl groups excluding tert-OH is 1. The van der Waals surface area contributed by atoms with Gasteiger partial charge < -0.3 is 20.1 Å². The lowest BCUT2D eigenvalue weighted by Gasteiger charge is -2.36. The lowest BCUT2D eigenvalue weighted by molar-refractivity contribution is -0.148. The van der Waals surface area contributed by atoms with Gasteiger partial charge in [-0.3, -0.25) is 14.4 Å². The molecule has 1 aliphatic heterocycles. The maximum atomic E-state index is 13.1. The average molecular weight is 471 g/mol. The Bertz CT molecular complexity index is 853. The highest BCUT2D eigenvalue weighted by atomic mass is 16.5. The van der Waals surface area contributed by atoms with Crippen molar-refractivity contribution in [1.82, 2.24) is 10.2 Å². The number of carbonyl (C=O) groups excluding carboxylic acids is 3. The van der Waals surface area contributed by atoms with Crippen LogP contribution in [0.5, 0.6) is 0 Å². The summed E-state index contributed by atoms with van der Waals surface area (Å²) in [6.45, 7) is 9.57. The molecule has 7 heteroatoms. The number of benzene rings is 1. The lowest BCUT2D eigenvalue weighted by atomic mass is 9.92. The number of nitrogens with one attached hydrogen (secondary N) is 1. The molecule has 0 saturated carbocycles. The van der Waals surface area contributed by atoms with E-state index in [1.807, 2.05) is 30.3 Å². The third kappa shape index (κ3) is 8.45. The molecule has 0 unspecified atom stereocenters. The van der Waals surface area contributed by atoms with E-state index in [1.54, 1.807) is 17.9 Å².